The molecule has 0 radical (unpaired) electrons. The number of hydrogen-bond acceptors (Lipinski definition) is 2. The van der Waals surface area contributed by atoms with Crippen LogP contribution in [0.25, 0.3) is 0 Å². The fraction of sp³-hybridized carbons (Fsp3) is 0.0833. The van der Waals surface area contributed by atoms with Gasteiger partial charge in [-0.15, -0.1) is 0 Å². The summed E-state index contributed by atoms with van der Waals surface area (Å²) in [6.07, 6.45) is 1.32. The van der Waals surface area contributed by atoms with Gasteiger partial charge in [0.05, 0.1) is 6.20 Å². The summed E-state index contributed by atoms with van der Waals surface area (Å²) >= 11 is 0. The highest BCUT2D eigenvalue weighted by atomic mass is 19.1. The van der Waals surface area contributed by atoms with Crippen molar-refractivity contribution in [1.82, 2.24) is 4.98 Å². The van der Waals surface area contributed by atoms with Crippen LogP contribution in [0.4, 0.5) is 8.78 Å². The van der Waals surface area contributed by atoms with Crippen LogP contribution in [0.3, 0.4) is 0 Å². The first-order valence-electron chi connectivity index (χ1n) is 4.71. The summed E-state index contributed by atoms with van der Waals surface area (Å²) in [5, 5.41) is 9.87. The Morgan fingerprint density at radius 1 is 1.06 bits per heavy atom. The van der Waals surface area contributed by atoms with Gasteiger partial charge in [0.2, 0.25) is 0 Å². The summed E-state index contributed by atoms with van der Waals surface area (Å²) < 4.78 is 26.0. The maximum absolute atomic E-state index is 13.3. The molecule has 0 amide bonds. The Balaban J connectivity index is 2.35. The average molecular weight is 221 g/mol. The van der Waals surface area contributed by atoms with E-state index < -0.39 is 17.7 Å². The number of aliphatic hydroxyl groups is 1. The van der Waals surface area contributed by atoms with Crippen LogP contribution in [-0.2, 0) is 0 Å². The quantitative estimate of drug-likeness (QED) is 0.844. The minimum Gasteiger partial charge on any atom is -0.384 e. The molecule has 0 bridgehead atoms. The molecule has 16 heavy (non-hydrogen) atoms. The molecule has 0 aliphatic heterocycles. The van der Waals surface area contributed by atoms with Crippen molar-refractivity contribution in [3.8, 4) is 0 Å². The average Bonchev–Trinajstić information content (AvgIpc) is 2.30. The summed E-state index contributed by atoms with van der Waals surface area (Å²) in [5.41, 5.74) is 0.563. The molecule has 1 unspecified atom stereocenters. The van der Waals surface area contributed by atoms with Crippen molar-refractivity contribution in [2.75, 3.05) is 0 Å². The highest BCUT2D eigenvalue weighted by molar-refractivity contribution is 5.29. The van der Waals surface area contributed by atoms with Crippen LogP contribution in [-0.4, -0.2) is 10.1 Å². The Morgan fingerprint density at radius 3 is 2.38 bits per heavy atom. The van der Waals surface area contributed by atoms with Gasteiger partial charge in [0, 0.05) is 11.8 Å². The second-order valence-corrected chi connectivity index (χ2v) is 3.35. The standard InChI is InChI=1S/C12H9F2NO/c13-9-3-1-8(2-4-9)12(16)10-5-6-15-7-11(10)14/h1-7,12,16H. The highest BCUT2D eigenvalue weighted by Gasteiger charge is 2.14. The lowest BCUT2D eigenvalue weighted by Gasteiger charge is -2.11. The minimum atomic E-state index is -1.11. The third-order valence-corrected chi connectivity index (χ3v) is 2.28. The molecule has 4 heteroatoms. The van der Waals surface area contributed by atoms with E-state index in [1.165, 1.54) is 36.5 Å². The number of halogens is 2. The second-order valence-electron chi connectivity index (χ2n) is 3.35. The summed E-state index contributed by atoms with van der Waals surface area (Å²) in [7, 11) is 0. The maximum Gasteiger partial charge on any atom is 0.147 e. The number of hydrogen-bond donors (Lipinski definition) is 1. The van der Waals surface area contributed by atoms with Crippen molar-refractivity contribution in [2.45, 2.75) is 6.10 Å². The lowest BCUT2D eigenvalue weighted by atomic mass is 10.0. The lowest BCUT2D eigenvalue weighted by Crippen LogP contribution is -2.02. The first-order chi connectivity index (χ1) is 7.68. The van der Waals surface area contributed by atoms with Crippen molar-refractivity contribution >= 4 is 0 Å². The number of aliphatic hydroxyl groups excluding tert-OH is 1. The van der Waals surface area contributed by atoms with E-state index >= 15 is 0 Å². The van der Waals surface area contributed by atoms with Crippen molar-refractivity contribution in [3.05, 3.63) is 65.5 Å². The Hall–Kier alpha value is -1.81. The van der Waals surface area contributed by atoms with Crippen LogP contribution in [0.5, 0.6) is 0 Å². The molecular formula is C12H9F2NO. The van der Waals surface area contributed by atoms with E-state index in [1.54, 1.807) is 0 Å². The largest absolute Gasteiger partial charge is 0.384 e. The number of rotatable bonds is 2. The molecule has 1 aromatic carbocycles. The first-order valence-corrected chi connectivity index (χ1v) is 4.71. The minimum absolute atomic E-state index is 0.126. The number of aromatic nitrogens is 1. The van der Waals surface area contributed by atoms with Crippen LogP contribution in [0.15, 0.2) is 42.7 Å². The molecule has 0 aliphatic carbocycles. The smallest absolute Gasteiger partial charge is 0.147 e. The van der Waals surface area contributed by atoms with E-state index in [2.05, 4.69) is 4.98 Å². The molecule has 1 heterocycles. The van der Waals surface area contributed by atoms with E-state index in [1.807, 2.05) is 0 Å². The number of pyridine rings is 1. The molecule has 82 valence electrons. The van der Waals surface area contributed by atoms with Crippen LogP contribution >= 0.6 is 0 Å². The van der Waals surface area contributed by atoms with Gasteiger partial charge in [-0.1, -0.05) is 12.1 Å². The van der Waals surface area contributed by atoms with Crippen molar-refractivity contribution < 1.29 is 13.9 Å². The summed E-state index contributed by atoms with van der Waals surface area (Å²) in [6, 6.07) is 6.67. The molecule has 2 aromatic rings. The Morgan fingerprint density at radius 2 is 1.75 bits per heavy atom. The highest BCUT2D eigenvalue weighted by Crippen LogP contribution is 2.23. The van der Waals surface area contributed by atoms with Gasteiger partial charge < -0.3 is 5.11 Å². The predicted octanol–water partition coefficient (Wildman–Crippen LogP) is 2.44. The molecule has 2 rings (SSSR count). The number of benzene rings is 1. The predicted molar refractivity (Wildman–Crippen MR) is 54.7 cm³/mol. The molecule has 0 saturated carbocycles. The van der Waals surface area contributed by atoms with Gasteiger partial charge in [0.25, 0.3) is 0 Å². The van der Waals surface area contributed by atoms with Crippen molar-refractivity contribution in [1.29, 1.82) is 0 Å². The van der Waals surface area contributed by atoms with Gasteiger partial charge in [-0.25, -0.2) is 8.78 Å². The summed E-state index contributed by atoms with van der Waals surface area (Å²) in [6.45, 7) is 0. The van der Waals surface area contributed by atoms with Gasteiger partial charge in [-0.05, 0) is 23.8 Å². The van der Waals surface area contributed by atoms with Crippen LogP contribution < -0.4 is 0 Å². The Labute approximate surface area is 91.2 Å². The SMILES string of the molecule is OC(c1ccc(F)cc1)c1ccncc1F. The van der Waals surface area contributed by atoms with Gasteiger partial charge in [-0.3, -0.25) is 4.98 Å². The molecular weight excluding hydrogens is 212 g/mol. The summed E-state index contributed by atoms with van der Waals surface area (Å²) in [5.74, 6) is -0.981. The van der Waals surface area contributed by atoms with Crippen molar-refractivity contribution in [2.24, 2.45) is 0 Å². The molecule has 0 spiro atoms. The van der Waals surface area contributed by atoms with Crippen molar-refractivity contribution in [3.63, 3.8) is 0 Å². The zero-order chi connectivity index (χ0) is 11.5. The fourth-order valence-corrected chi connectivity index (χ4v) is 1.43. The van der Waals surface area contributed by atoms with Gasteiger partial charge in [0.15, 0.2) is 0 Å². The number of nitrogens with zero attached hydrogens (tertiary/aromatic N) is 1. The fourth-order valence-electron chi connectivity index (χ4n) is 1.43. The maximum atomic E-state index is 13.3. The first kappa shape index (κ1) is 10.7. The van der Waals surface area contributed by atoms with Gasteiger partial charge in [-0.2, -0.15) is 0 Å². The molecule has 1 aromatic heterocycles. The van der Waals surface area contributed by atoms with E-state index in [4.69, 9.17) is 0 Å². The topological polar surface area (TPSA) is 33.1 Å². The second kappa shape index (κ2) is 4.37. The molecule has 0 saturated heterocycles. The van der Waals surface area contributed by atoms with Gasteiger partial charge >= 0.3 is 0 Å². The van der Waals surface area contributed by atoms with Crippen LogP contribution in [0, 0.1) is 11.6 Å². The Kier molecular flexibility index (Phi) is 2.92. The van der Waals surface area contributed by atoms with E-state index in [9.17, 15) is 13.9 Å². The molecule has 0 fully saturated rings. The molecule has 1 atom stereocenters. The van der Waals surface area contributed by atoms with Crippen LogP contribution in [0.1, 0.15) is 17.2 Å². The monoisotopic (exact) mass is 221 g/mol. The third-order valence-electron chi connectivity index (χ3n) is 2.28. The molecule has 1 N–H and O–H groups in total. The van der Waals surface area contributed by atoms with Crippen LogP contribution in [0.2, 0.25) is 0 Å². The zero-order valence-electron chi connectivity index (χ0n) is 8.27. The van der Waals surface area contributed by atoms with E-state index in [0.29, 0.717) is 5.56 Å². The van der Waals surface area contributed by atoms with E-state index in [0.717, 1.165) is 6.20 Å². The third kappa shape index (κ3) is 2.06. The van der Waals surface area contributed by atoms with Gasteiger partial charge in [0.1, 0.15) is 17.7 Å². The van der Waals surface area contributed by atoms with E-state index in [-0.39, 0.29) is 5.56 Å². The lowest BCUT2D eigenvalue weighted by molar-refractivity contribution is 0.214. The zero-order valence-corrected chi connectivity index (χ0v) is 8.27. The molecule has 2 nitrogen and oxygen atoms in total. The Bertz CT molecular complexity index is 485. The summed E-state index contributed by atoms with van der Waals surface area (Å²) in [4.78, 5) is 3.59. The molecule has 0 aliphatic rings. The normalized spacial score (nSPS) is 12.4.